The van der Waals surface area contributed by atoms with Gasteiger partial charge in [0, 0.05) is 26.2 Å². The molecule has 3 atom stereocenters. The minimum atomic E-state index is -0.486. The van der Waals surface area contributed by atoms with Gasteiger partial charge in [-0.1, -0.05) is 30.3 Å². The SMILES string of the molecule is COCOC[C@@H]1[C@@H]2CC[C@H](CN1Cc1ccccc1)N2C(=O)OC(C)(C)C. The number of fused-ring (bicyclic) bond motifs is 2. The van der Waals surface area contributed by atoms with E-state index in [1.165, 1.54) is 5.56 Å². The smallest absolute Gasteiger partial charge is 0.410 e. The number of carbonyl (C=O) groups excluding carboxylic acids is 1. The van der Waals surface area contributed by atoms with Gasteiger partial charge in [-0.3, -0.25) is 9.80 Å². The molecule has 150 valence electrons. The second kappa shape index (κ2) is 8.59. The predicted molar refractivity (Wildman–Crippen MR) is 103 cm³/mol. The molecule has 2 aliphatic rings. The third-order valence-electron chi connectivity index (χ3n) is 5.23. The van der Waals surface area contributed by atoms with Crippen molar-refractivity contribution in [2.24, 2.45) is 0 Å². The molecule has 2 fully saturated rings. The van der Waals surface area contributed by atoms with Crippen LogP contribution in [0.1, 0.15) is 39.2 Å². The lowest BCUT2D eigenvalue weighted by molar-refractivity contribution is -0.0823. The van der Waals surface area contributed by atoms with Crippen LogP contribution in [-0.2, 0) is 20.8 Å². The Labute approximate surface area is 162 Å². The van der Waals surface area contributed by atoms with Crippen LogP contribution in [0, 0.1) is 0 Å². The van der Waals surface area contributed by atoms with E-state index in [1.54, 1.807) is 7.11 Å². The number of methoxy groups -OCH3 is 1. The van der Waals surface area contributed by atoms with Crippen molar-refractivity contribution in [2.45, 2.75) is 63.9 Å². The molecule has 0 spiro atoms. The molecule has 0 radical (unpaired) electrons. The molecule has 1 aromatic carbocycles. The van der Waals surface area contributed by atoms with Crippen molar-refractivity contribution in [3.8, 4) is 0 Å². The molecule has 0 saturated carbocycles. The number of ether oxygens (including phenoxy) is 3. The Balaban J connectivity index is 1.76. The maximum Gasteiger partial charge on any atom is 0.410 e. The van der Waals surface area contributed by atoms with Crippen molar-refractivity contribution in [2.75, 3.05) is 27.1 Å². The van der Waals surface area contributed by atoms with Gasteiger partial charge in [0.1, 0.15) is 12.4 Å². The van der Waals surface area contributed by atoms with Crippen LogP contribution in [0.3, 0.4) is 0 Å². The monoisotopic (exact) mass is 376 g/mol. The molecule has 0 N–H and O–H groups in total. The van der Waals surface area contributed by atoms with E-state index >= 15 is 0 Å². The first-order valence-electron chi connectivity index (χ1n) is 9.75. The summed E-state index contributed by atoms with van der Waals surface area (Å²) in [6, 6.07) is 10.9. The van der Waals surface area contributed by atoms with Gasteiger partial charge >= 0.3 is 6.09 Å². The van der Waals surface area contributed by atoms with E-state index in [1.807, 2.05) is 31.7 Å². The molecular weight excluding hydrogens is 344 g/mol. The highest BCUT2D eigenvalue weighted by molar-refractivity contribution is 5.70. The Kier molecular flexibility index (Phi) is 6.40. The van der Waals surface area contributed by atoms with Crippen molar-refractivity contribution in [1.29, 1.82) is 0 Å². The lowest BCUT2D eigenvalue weighted by atomic mass is 10.0. The summed E-state index contributed by atoms with van der Waals surface area (Å²) in [6.07, 6.45) is 1.79. The molecule has 0 aromatic heterocycles. The molecule has 1 aromatic rings. The summed E-state index contributed by atoms with van der Waals surface area (Å²) >= 11 is 0. The summed E-state index contributed by atoms with van der Waals surface area (Å²) in [6.45, 7) is 8.24. The first-order chi connectivity index (χ1) is 12.9. The molecule has 2 heterocycles. The Morgan fingerprint density at radius 3 is 2.59 bits per heavy atom. The molecule has 0 aliphatic carbocycles. The van der Waals surface area contributed by atoms with Gasteiger partial charge in [-0.2, -0.15) is 0 Å². The zero-order chi connectivity index (χ0) is 19.4. The van der Waals surface area contributed by atoms with Gasteiger partial charge in [0.25, 0.3) is 0 Å². The van der Waals surface area contributed by atoms with E-state index in [9.17, 15) is 4.79 Å². The minimum absolute atomic E-state index is 0.110. The number of nitrogens with zero attached hydrogens (tertiary/aromatic N) is 2. The fourth-order valence-electron chi connectivity index (χ4n) is 4.19. The summed E-state index contributed by atoms with van der Waals surface area (Å²) in [4.78, 5) is 17.3. The number of likely N-dealkylation sites (tertiary alicyclic amines) is 1. The van der Waals surface area contributed by atoms with Crippen LogP contribution >= 0.6 is 0 Å². The van der Waals surface area contributed by atoms with Crippen LogP contribution in [0.15, 0.2) is 30.3 Å². The van der Waals surface area contributed by atoms with E-state index in [0.29, 0.717) is 6.61 Å². The standard InChI is InChI=1S/C21H32N2O4/c1-21(2,3)27-20(24)23-17-10-11-18(23)19(14-26-15-25-4)22(13-17)12-16-8-6-5-7-9-16/h5-9,17-19H,10-15H2,1-4H3/t17-,18+,19-/m1/s1. The van der Waals surface area contributed by atoms with Gasteiger partial charge in [0.15, 0.2) is 0 Å². The van der Waals surface area contributed by atoms with Crippen LogP contribution in [0.25, 0.3) is 0 Å². The topological polar surface area (TPSA) is 51.2 Å². The van der Waals surface area contributed by atoms with Crippen LogP contribution in [0.4, 0.5) is 4.79 Å². The normalized spacial score (nSPS) is 25.6. The Hall–Kier alpha value is -1.63. The van der Waals surface area contributed by atoms with Crippen LogP contribution < -0.4 is 0 Å². The lowest BCUT2D eigenvalue weighted by Crippen LogP contribution is -2.62. The average Bonchev–Trinajstić information content (AvgIpc) is 2.93. The van der Waals surface area contributed by atoms with Crippen molar-refractivity contribution in [1.82, 2.24) is 9.80 Å². The number of hydrogen-bond acceptors (Lipinski definition) is 5. The Bertz CT molecular complexity index is 616. The first-order valence-corrected chi connectivity index (χ1v) is 9.75. The zero-order valence-electron chi connectivity index (χ0n) is 16.9. The second-order valence-corrected chi connectivity index (χ2v) is 8.45. The Morgan fingerprint density at radius 1 is 1.19 bits per heavy atom. The van der Waals surface area contributed by atoms with E-state index in [-0.39, 0.29) is 31.0 Å². The van der Waals surface area contributed by atoms with Crippen molar-refractivity contribution in [3.05, 3.63) is 35.9 Å². The second-order valence-electron chi connectivity index (χ2n) is 8.45. The molecule has 6 nitrogen and oxygen atoms in total. The summed E-state index contributed by atoms with van der Waals surface area (Å²) < 4.78 is 16.5. The number of rotatable bonds is 6. The summed E-state index contributed by atoms with van der Waals surface area (Å²) in [5, 5.41) is 0. The van der Waals surface area contributed by atoms with E-state index in [4.69, 9.17) is 14.2 Å². The number of hydrogen-bond donors (Lipinski definition) is 0. The number of piperazine rings is 1. The first kappa shape index (κ1) is 20.1. The highest BCUT2D eigenvalue weighted by Gasteiger charge is 2.49. The van der Waals surface area contributed by atoms with Gasteiger partial charge in [-0.25, -0.2) is 4.79 Å². The lowest BCUT2D eigenvalue weighted by Gasteiger charge is -2.46. The largest absolute Gasteiger partial charge is 0.444 e. The third-order valence-corrected chi connectivity index (χ3v) is 5.23. The maximum atomic E-state index is 12.8. The van der Waals surface area contributed by atoms with Crippen molar-refractivity contribution in [3.63, 3.8) is 0 Å². The molecule has 1 amide bonds. The summed E-state index contributed by atoms with van der Waals surface area (Å²) in [5.74, 6) is 0. The van der Waals surface area contributed by atoms with Gasteiger partial charge in [0.2, 0.25) is 0 Å². The number of amides is 1. The highest BCUT2D eigenvalue weighted by atomic mass is 16.7. The molecule has 27 heavy (non-hydrogen) atoms. The van der Waals surface area contributed by atoms with Crippen LogP contribution in [0.2, 0.25) is 0 Å². The van der Waals surface area contributed by atoms with E-state index in [2.05, 4.69) is 29.2 Å². The number of benzene rings is 1. The molecule has 3 rings (SSSR count). The molecule has 2 saturated heterocycles. The number of carbonyl (C=O) groups is 1. The van der Waals surface area contributed by atoms with Crippen molar-refractivity contribution >= 4 is 6.09 Å². The van der Waals surface area contributed by atoms with Crippen molar-refractivity contribution < 1.29 is 19.0 Å². The van der Waals surface area contributed by atoms with Gasteiger partial charge in [-0.05, 0) is 39.2 Å². The van der Waals surface area contributed by atoms with Crippen LogP contribution in [-0.4, -0.2) is 66.7 Å². The fraction of sp³-hybridized carbons (Fsp3) is 0.667. The molecular formula is C21H32N2O4. The molecule has 2 bridgehead atoms. The Morgan fingerprint density at radius 2 is 1.93 bits per heavy atom. The maximum absolute atomic E-state index is 12.8. The fourth-order valence-corrected chi connectivity index (χ4v) is 4.19. The minimum Gasteiger partial charge on any atom is -0.444 e. The predicted octanol–water partition coefficient (Wildman–Crippen LogP) is 3.26. The molecule has 6 heteroatoms. The highest BCUT2D eigenvalue weighted by Crippen LogP contribution is 2.36. The van der Waals surface area contributed by atoms with E-state index < -0.39 is 5.60 Å². The average molecular weight is 376 g/mol. The quantitative estimate of drug-likeness (QED) is 0.563. The zero-order valence-corrected chi connectivity index (χ0v) is 16.9. The molecule has 0 unspecified atom stereocenters. The molecule has 2 aliphatic heterocycles. The summed E-state index contributed by atoms with van der Waals surface area (Å²) in [5.41, 5.74) is 0.791. The van der Waals surface area contributed by atoms with E-state index in [0.717, 1.165) is 25.9 Å². The summed E-state index contributed by atoms with van der Waals surface area (Å²) in [7, 11) is 1.63. The van der Waals surface area contributed by atoms with Gasteiger partial charge in [-0.15, -0.1) is 0 Å². The van der Waals surface area contributed by atoms with Crippen LogP contribution in [0.5, 0.6) is 0 Å². The van der Waals surface area contributed by atoms with Gasteiger partial charge in [0.05, 0.1) is 18.7 Å². The van der Waals surface area contributed by atoms with Gasteiger partial charge < -0.3 is 14.2 Å². The third kappa shape index (κ3) is 5.00.